The van der Waals surface area contributed by atoms with Crippen molar-refractivity contribution < 1.29 is 9.36 Å². The van der Waals surface area contributed by atoms with Crippen LogP contribution in [0.4, 0.5) is 5.69 Å². The Morgan fingerprint density at radius 1 is 0.920 bits per heavy atom. The molecule has 0 amide bonds. The van der Waals surface area contributed by atoms with Gasteiger partial charge in [-0.25, -0.2) is 0 Å². The van der Waals surface area contributed by atoms with Gasteiger partial charge in [-0.15, -0.1) is 0 Å². The first kappa shape index (κ1) is 15.6. The zero-order valence-corrected chi connectivity index (χ0v) is 14.4. The summed E-state index contributed by atoms with van der Waals surface area (Å²) in [7, 11) is 0. The molecule has 0 saturated carbocycles. The van der Waals surface area contributed by atoms with Crippen LogP contribution in [0.1, 0.15) is 27.0 Å². The summed E-state index contributed by atoms with van der Waals surface area (Å²) >= 11 is 0. The Labute approximate surface area is 148 Å². The van der Waals surface area contributed by atoms with E-state index in [1.807, 2.05) is 48.1 Å². The fraction of sp³-hybridized carbons (Fsp3) is 0.182. The number of pyridine rings is 1. The van der Waals surface area contributed by atoms with Crippen molar-refractivity contribution in [1.29, 1.82) is 0 Å². The molecule has 0 radical (unpaired) electrons. The van der Waals surface area contributed by atoms with Gasteiger partial charge < -0.3 is 4.90 Å². The summed E-state index contributed by atoms with van der Waals surface area (Å²) in [5.41, 5.74) is 5.91. The van der Waals surface area contributed by atoms with Crippen LogP contribution in [0.25, 0.3) is 0 Å². The number of benzene rings is 2. The van der Waals surface area contributed by atoms with Crippen molar-refractivity contribution in [2.45, 2.75) is 26.6 Å². The Kier molecular flexibility index (Phi) is 4.06. The van der Waals surface area contributed by atoms with E-state index >= 15 is 0 Å². The Morgan fingerprint density at radius 3 is 2.12 bits per heavy atom. The first-order valence-corrected chi connectivity index (χ1v) is 8.60. The second-order valence-corrected chi connectivity index (χ2v) is 6.64. The highest BCUT2D eigenvalue weighted by Crippen LogP contribution is 2.27. The quantitative estimate of drug-likeness (QED) is 0.538. The molecule has 0 unspecified atom stereocenters. The highest BCUT2D eigenvalue weighted by molar-refractivity contribution is 5.95. The second kappa shape index (κ2) is 6.52. The molecule has 0 N–H and O–H groups in total. The summed E-state index contributed by atoms with van der Waals surface area (Å²) in [6, 6.07) is 20.5. The SMILES string of the molecule is Cc1ccc(C(=O)C[n+]2ccc(N3Cc4ccccc4C3)cc2)cc1. The van der Waals surface area contributed by atoms with Crippen molar-refractivity contribution in [3.8, 4) is 0 Å². The van der Waals surface area contributed by atoms with Crippen molar-refractivity contribution >= 4 is 11.5 Å². The summed E-state index contributed by atoms with van der Waals surface area (Å²) in [6.45, 7) is 4.28. The predicted molar refractivity (Wildman–Crippen MR) is 98.5 cm³/mol. The molecule has 0 bridgehead atoms. The van der Waals surface area contributed by atoms with Gasteiger partial charge in [0.15, 0.2) is 12.4 Å². The highest BCUT2D eigenvalue weighted by atomic mass is 16.1. The maximum atomic E-state index is 12.4. The van der Waals surface area contributed by atoms with Gasteiger partial charge in [-0.2, -0.15) is 4.57 Å². The summed E-state index contributed by atoms with van der Waals surface area (Å²) in [5.74, 6) is 0.131. The van der Waals surface area contributed by atoms with E-state index in [9.17, 15) is 4.79 Å². The monoisotopic (exact) mass is 329 g/mol. The van der Waals surface area contributed by atoms with E-state index in [4.69, 9.17) is 0 Å². The van der Waals surface area contributed by atoms with Crippen molar-refractivity contribution in [2.24, 2.45) is 0 Å². The number of aryl methyl sites for hydroxylation is 1. The number of carbonyl (C=O) groups is 1. The summed E-state index contributed by atoms with van der Waals surface area (Å²) in [5, 5.41) is 0. The van der Waals surface area contributed by atoms with Gasteiger partial charge >= 0.3 is 0 Å². The molecule has 124 valence electrons. The van der Waals surface area contributed by atoms with Gasteiger partial charge in [0, 0.05) is 36.5 Å². The zero-order valence-electron chi connectivity index (χ0n) is 14.4. The summed E-state index contributed by atoms with van der Waals surface area (Å²) in [6.07, 6.45) is 3.98. The van der Waals surface area contributed by atoms with E-state index in [0.717, 1.165) is 18.7 Å². The Bertz CT molecular complexity index is 873. The maximum Gasteiger partial charge on any atom is 0.227 e. The second-order valence-electron chi connectivity index (χ2n) is 6.64. The van der Waals surface area contributed by atoms with E-state index in [1.165, 1.54) is 22.4 Å². The van der Waals surface area contributed by atoms with Crippen molar-refractivity contribution in [3.63, 3.8) is 0 Å². The Morgan fingerprint density at radius 2 is 1.52 bits per heavy atom. The smallest absolute Gasteiger partial charge is 0.227 e. The van der Waals surface area contributed by atoms with Gasteiger partial charge in [-0.1, -0.05) is 54.1 Å². The molecule has 3 heteroatoms. The lowest BCUT2D eigenvalue weighted by Gasteiger charge is -2.16. The van der Waals surface area contributed by atoms with Crippen LogP contribution in [-0.4, -0.2) is 5.78 Å². The number of Topliss-reactive ketones (excluding diaryl/α,β-unsaturated/α-hetero) is 1. The molecular weight excluding hydrogens is 308 g/mol. The van der Waals surface area contributed by atoms with Crippen LogP contribution in [0.2, 0.25) is 0 Å². The molecule has 3 aromatic rings. The molecule has 2 heterocycles. The first-order valence-electron chi connectivity index (χ1n) is 8.60. The molecule has 0 spiro atoms. The first-order chi connectivity index (χ1) is 12.2. The third-order valence-corrected chi connectivity index (χ3v) is 4.78. The fourth-order valence-corrected chi connectivity index (χ4v) is 3.28. The molecule has 1 aliphatic heterocycles. The van der Waals surface area contributed by atoms with E-state index in [2.05, 4.69) is 41.3 Å². The summed E-state index contributed by atoms with van der Waals surface area (Å²) in [4.78, 5) is 14.7. The number of hydrogen-bond acceptors (Lipinski definition) is 2. The van der Waals surface area contributed by atoms with Gasteiger partial charge in [0.25, 0.3) is 0 Å². The minimum Gasteiger partial charge on any atom is -0.362 e. The molecule has 3 nitrogen and oxygen atoms in total. The Hall–Kier alpha value is -2.94. The Balaban J connectivity index is 1.44. The minimum atomic E-state index is 0.131. The zero-order chi connectivity index (χ0) is 17.2. The lowest BCUT2D eigenvalue weighted by atomic mass is 10.1. The van der Waals surface area contributed by atoms with Crippen LogP contribution >= 0.6 is 0 Å². The van der Waals surface area contributed by atoms with Gasteiger partial charge in [0.1, 0.15) is 0 Å². The van der Waals surface area contributed by atoms with E-state index < -0.39 is 0 Å². The number of aromatic nitrogens is 1. The van der Waals surface area contributed by atoms with E-state index in [1.54, 1.807) is 0 Å². The summed E-state index contributed by atoms with van der Waals surface area (Å²) < 4.78 is 1.94. The predicted octanol–water partition coefficient (Wildman–Crippen LogP) is 3.69. The van der Waals surface area contributed by atoms with Crippen LogP contribution in [0, 0.1) is 6.92 Å². The number of rotatable bonds is 4. The standard InChI is InChI=1S/C22H21N2O/c1-17-6-8-18(9-7-17)22(25)16-23-12-10-21(11-13-23)24-14-19-4-2-3-5-20(19)15-24/h2-13H,14-16H2,1H3/q+1. The molecular formula is C22H21N2O+. The maximum absolute atomic E-state index is 12.4. The molecule has 25 heavy (non-hydrogen) atoms. The number of carbonyl (C=O) groups excluding carboxylic acids is 1. The normalized spacial score (nSPS) is 12.9. The van der Waals surface area contributed by atoms with Crippen LogP contribution in [0.15, 0.2) is 73.1 Å². The molecule has 2 aromatic carbocycles. The molecule has 1 aliphatic rings. The van der Waals surface area contributed by atoms with Crippen LogP contribution in [-0.2, 0) is 19.6 Å². The number of fused-ring (bicyclic) bond motifs is 1. The van der Waals surface area contributed by atoms with Gasteiger partial charge in [0.2, 0.25) is 12.3 Å². The van der Waals surface area contributed by atoms with Crippen molar-refractivity contribution in [3.05, 3.63) is 95.3 Å². The number of ketones is 1. The van der Waals surface area contributed by atoms with E-state index in [-0.39, 0.29) is 5.78 Å². The molecule has 0 atom stereocenters. The van der Waals surface area contributed by atoms with Gasteiger partial charge in [-0.05, 0) is 18.1 Å². The highest BCUT2D eigenvalue weighted by Gasteiger charge is 2.19. The van der Waals surface area contributed by atoms with Crippen LogP contribution in [0.3, 0.4) is 0 Å². The van der Waals surface area contributed by atoms with Crippen LogP contribution < -0.4 is 9.47 Å². The molecule has 1 aromatic heterocycles. The third kappa shape index (κ3) is 3.31. The van der Waals surface area contributed by atoms with Crippen molar-refractivity contribution in [1.82, 2.24) is 0 Å². The number of anilines is 1. The topological polar surface area (TPSA) is 24.2 Å². The number of hydrogen-bond donors (Lipinski definition) is 0. The average molecular weight is 329 g/mol. The van der Waals surface area contributed by atoms with Gasteiger partial charge in [-0.3, -0.25) is 4.79 Å². The molecule has 4 rings (SSSR count). The minimum absolute atomic E-state index is 0.131. The van der Waals surface area contributed by atoms with E-state index in [0.29, 0.717) is 6.54 Å². The lowest BCUT2D eigenvalue weighted by Crippen LogP contribution is -2.37. The number of nitrogens with zero attached hydrogens (tertiary/aromatic N) is 2. The third-order valence-electron chi connectivity index (χ3n) is 4.78. The molecule has 0 saturated heterocycles. The molecule has 0 aliphatic carbocycles. The fourth-order valence-electron chi connectivity index (χ4n) is 3.28. The van der Waals surface area contributed by atoms with Crippen molar-refractivity contribution in [2.75, 3.05) is 4.90 Å². The average Bonchev–Trinajstić information content (AvgIpc) is 3.07. The van der Waals surface area contributed by atoms with Crippen LogP contribution in [0.5, 0.6) is 0 Å². The largest absolute Gasteiger partial charge is 0.362 e. The molecule has 0 fully saturated rings. The van der Waals surface area contributed by atoms with Gasteiger partial charge in [0.05, 0.1) is 0 Å². The lowest BCUT2D eigenvalue weighted by molar-refractivity contribution is -0.683.